The number of carbonyl (C=O) groups excluding carboxylic acids is 1. The third kappa shape index (κ3) is 4.05. The van der Waals surface area contributed by atoms with E-state index in [-0.39, 0.29) is 22.5 Å². The summed E-state index contributed by atoms with van der Waals surface area (Å²) in [6, 6.07) is 11.8. The van der Waals surface area contributed by atoms with Gasteiger partial charge in [0.15, 0.2) is 0 Å². The van der Waals surface area contributed by atoms with Crippen molar-refractivity contribution < 1.29 is 4.79 Å². The summed E-state index contributed by atoms with van der Waals surface area (Å²) in [5, 5.41) is 3.88. The number of halogens is 1. The third-order valence-corrected chi connectivity index (χ3v) is 6.19. The van der Waals surface area contributed by atoms with Crippen LogP contribution in [-0.4, -0.2) is 22.2 Å². The Hall–Kier alpha value is -1.98. The lowest BCUT2D eigenvalue weighted by Gasteiger charge is -2.13. The summed E-state index contributed by atoms with van der Waals surface area (Å²) in [6.07, 6.45) is 5.90. The van der Waals surface area contributed by atoms with Crippen molar-refractivity contribution in [2.45, 2.75) is 41.9 Å². The second-order valence-corrected chi connectivity index (χ2v) is 8.46. The first kappa shape index (κ1) is 17.4. The van der Waals surface area contributed by atoms with Crippen molar-refractivity contribution in [3.63, 3.8) is 0 Å². The van der Waals surface area contributed by atoms with E-state index in [2.05, 4.69) is 34.6 Å². The molecule has 4 nitrogen and oxygen atoms in total. The number of rotatable bonds is 5. The van der Waals surface area contributed by atoms with Gasteiger partial charge in [-0.3, -0.25) is 9.59 Å². The van der Waals surface area contributed by atoms with Gasteiger partial charge in [0.1, 0.15) is 5.02 Å². The zero-order chi connectivity index (χ0) is 18.1. The zero-order valence-corrected chi connectivity index (χ0v) is 15.7. The summed E-state index contributed by atoms with van der Waals surface area (Å²) in [5.74, 6) is 0.0615. The first-order chi connectivity index (χ1) is 12.6. The SMILES string of the molecule is O=C1CC[C@H](/C=C(/c2ccc(SC3CC3)cc2)c2ccc(Cl)c(=O)[nH]2)N1. The summed E-state index contributed by atoms with van der Waals surface area (Å²) < 4.78 is 0. The van der Waals surface area contributed by atoms with E-state index in [0.717, 1.165) is 22.8 Å². The van der Waals surface area contributed by atoms with E-state index in [4.69, 9.17) is 11.6 Å². The minimum Gasteiger partial charge on any atom is -0.350 e. The number of aromatic nitrogens is 1. The molecular weight excluding hydrogens is 368 g/mol. The van der Waals surface area contributed by atoms with E-state index in [1.165, 1.54) is 17.7 Å². The fourth-order valence-electron chi connectivity index (χ4n) is 3.01. The number of aromatic amines is 1. The van der Waals surface area contributed by atoms with Gasteiger partial charge in [-0.25, -0.2) is 0 Å². The molecule has 2 aromatic rings. The van der Waals surface area contributed by atoms with Crippen molar-refractivity contribution in [1.29, 1.82) is 0 Å². The smallest absolute Gasteiger partial charge is 0.267 e. The van der Waals surface area contributed by atoms with E-state index < -0.39 is 0 Å². The lowest BCUT2D eigenvalue weighted by molar-refractivity contribution is -0.119. The molecule has 0 spiro atoms. The average Bonchev–Trinajstić information content (AvgIpc) is 3.35. The molecule has 1 aromatic heterocycles. The minimum absolute atomic E-state index is 0.0304. The van der Waals surface area contributed by atoms with Crippen molar-refractivity contribution >= 4 is 34.8 Å². The Balaban J connectivity index is 1.69. The van der Waals surface area contributed by atoms with Crippen LogP contribution in [0.1, 0.15) is 36.9 Å². The van der Waals surface area contributed by atoms with Gasteiger partial charge in [0.05, 0.1) is 0 Å². The molecule has 0 radical (unpaired) electrons. The van der Waals surface area contributed by atoms with Crippen molar-refractivity contribution in [3.8, 4) is 0 Å². The number of thioether (sulfide) groups is 1. The number of hydrogen-bond acceptors (Lipinski definition) is 3. The maximum absolute atomic E-state index is 12.0. The van der Waals surface area contributed by atoms with E-state index >= 15 is 0 Å². The molecule has 0 unspecified atom stereocenters. The lowest BCUT2D eigenvalue weighted by atomic mass is 9.99. The standard InChI is InChI=1S/C20H19ClN2O2S/c21-17-8-9-18(23-20(17)25)16(11-13-3-10-19(24)22-13)12-1-4-14(5-2-12)26-15-6-7-15/h1-2,4-5,8-9,11,13,15H,3,6-7,10H2,(H,22,24)(H,23,25)/b16-11-/t13-/m1/s1. The summed E-state index contributed by atoms with van der Waals surface area (Å²) >= 11 is 7.78. The second kappa shape index (κ2) is 7.33. The molecule has 6 heteroatoms. The molecule has 2 heterocycles. The van der Waals surface area contributed by atoms with Gasteiger partial charge in [0.2, 0.25) is 5.91 Å². The molecule has 4 rings (SSSR count). The molecule has 0 bridgehead atoms. The van der Waals surface area contributed by atoms with Crippen LogP contribution in [0.4, 0.5) is 0 Å². The average molecular weight is 387 g/mol. The topological polar surface area (TPSA) is 62.0 Å². The molecule has 1 aliphatic heterocycles. The Morgan fingerprint density at radius 3 is 2.46 bits per heavy atom. The van der Waals surface area contributed by atoms with Crippen LogP contribution in [-0.2, 0) is 4.79 Å². The Bertz CT molecular complexity index is 916. The Morgan fingerprint density at radius 1 is 1.08 bits per heavy atom. The van der Waals surface area contributed by atoms with Gasteiger partial charge in [-0.2, -0.15) is 0 Å². The van der Waals surface area contributed by atoms with E-state index in [0.29, 0.717) is 12.1 Å². The van der Waals surface area contributed by atoms with Crippen LogP contribution >= 0.6 is 23.4 Å². The molecule has 2 N–H and O–H groups in total. The number of nitrogens with one attached hydrogen (secondary N) is 2. The Labute approximate surface area is 161 Å². The number of H-pyrrole nitrogens is 1. The maximum atomic E-state index is 12.0. The molecule has 2 fully saturated rings. The fraction of sp³-hybridized carbons (Fsp3) is 0.300. The maximum Gasteiger partial charge on any atom is 0.267 e. The molecule has 2 aliphatic rings. The van der Waals surface area contributed by atoms with Crippen molar-refractivity contribution in [2.75, 3.05) is 0 Å². The molecule has 1 saturated carbocycles. The van der Waals surface area contributed by atoms with E-state index in [1.54, 1.807) is 12.1 Å². The quantitative estimate of drug-likeness (QED) is 0.816. The van der Waals surface area contributed by atoms with Gasteiger partial charge in [-0.05, 0) is 49.1 Å². The molecule has 1 aromatic carbocycles. The molecule has 1 saturated heterocycles. The number of pyridine rings is 1. The van der Waals surface area contributed by atoms with Crippen LogP contribution in [0.2, 0.25) is 5.02 Å². The van der Waals surface area contributed by atoms with Crippen molar-refractivity contribution in [3.05, 3.63) is 69.1 Å². The number of hydrogen-bond donors (Lipinski definition) is 2. The second-order valence-electron chi connectivity index (χ2n) is 6.68. The van der Waals surface area contributed by atoms with E-state index in [1.807, 2.05) is 17.8 Å². The molecule has 26 heavy (non-hydrogen) atoms. The molecule has 134 valence electrons. The number of benzene rings is 1. The van der Waals surface area contributed by atoms with Crippen LogP contribution in [0.3, 0.4) is 0 Å². The van der Waals surface area contributed by atoms with Gasteiger partial charge in [-0.1, -0.05) is 29.8 Å². The normalized spacial score (nSPS) is 20.3. The van der Waals surface area contributed by atoms with Crippen LogP contribution in [0.25, 0.3) is 5.57 Å². The minimum atomic E-state index is -0.313. The van der Waals surface area contributed by atoms with Crippen molar-refractivity contribution in [2.24, 2.45) is 0 Å². The summed E-state index contributed by atoms with van der Waals surface area (Å²) in [6.45, 7) is 0. The molecule has 1 atom stereocenters. The number of amides is 1. The van der Waals surface area contributed by atoms with Gasteiger partial charge < -0.3 is 10.3 Å². The lowest BCUT2D eigenvalue weighted by Crippen LogP contribution is -2.23. The van der Waals surface area contributed by atoms with Crippen LogP contribution in [0.5, 0.6) is 0 Å². The highest BCUT2D eigenvalue weighted by Crippen LogP contribution is 2.39. The fourth-order valence-corrected chi connectivity index (χ4v) is 4.17. The summed E-state index contributed by atoms with van der Waals surface area (Å²) in [7, 11) is 0. The first-order valence-electron chi connectivity index (χ1n) is 8.76. The molecule has 1 amide bonds. The summed E-state index contributed by atoms with van der Waals surface area (Å²) in [4.78, 5) is 27.6. The predicted octanol–water partition coefficient (Wildman–Crippen LogP) is 3.99. The first-order valence-corrected chi connectivity index (χ1v) is 10.0. The predicted molar refractivity (Wildman–Crippen MR) is 106 cm³/mol. The highest BCUT2D eigenvalue weighted by atomic mass is 35.5. The van der Waals surface area contributed by atoms with Gasteiger partial charge in [0.25, 0.3) is 5.56 Å². The van der Waals surface area contributed by atoms with Crippen LogP contribution in [0.15, 0.2) is 52.2 Å². The van der Waals surface area contributed by atoms with Crippen LogP contribution in [0, 0.1) is 0 Å². The van der Waals surface area contributed by atoms with Crippen LogP contribution < -0.4 is 10.9 Å². The molecular formula is C20H19ClN2O2S. The highest BCUT2D eigenvalue weighted by molar-refractivity contribution is 8.00. The Kier molecular flexibility index (Phi) is 4.92. The van der Waals surface area contributed by atoms with Gasteiger partial charge >= 0.3 is 0 Å². The molecule has 1 aliphatic carbocycles. The van der Waals surface area contributed by atoms with Gasteiger partial charge in [0, 0.05) is 33.9 Å². The number of carbonyl (C=O) groups is 1. The zero-order valence-electron chi connectivity index (χ0n) is 14.1. The summed E-state index contributed by atoms with van der Waals surface area (Å²) in [5.41, 5.74) is 2.28. The van der Waals surface area contributed by atoms with E-state index in [9.17, 15) is 9.59 Å². The largest absolute Gasteiger partial charge is 0.350 e. The third-order valence-electron chi connectivity index (χ3n) is 4.54. The monoisotopic (exact) mass is 386 g/mol. The van der Waals surface area contributed by atoms with Gasteiger partial charge in [-0.15, -0.1) is 11.8 Å². The van der Waals surface area contributed by atoms with Crippen molar-refractivity contribution in [1.82, 2.24) is 10.3 Å². The highest BCUT2D eigenvalue weighted by Gasteiger charge is 2.23. The Morgan fingerprint density at radius 2 is 1.85 bits per heavy atom.